The van der Waals surface area contributed by atoms with Gasteiger partial charge in [-0.2, -0.15) is 0 Å². The van der Waals surface area contributed by atoms with Crippen molar-refractivity contribution in [2.24, 2.45) is 5.73 Å². The van der Waals surface area contributed by atoms with Crippen LogP contribution in [0, 0.1) is 0 Å². The van der Waals surface area contributed by atoms with E-state index >= 15 is 0 Å². The molecule has 0 aromatic heterocycles. The molecule has 2 amide bonds. The van der Waals surface area contributed by atoms with Crippen LogP contribution in [0.15, 0.2) is 24.3 Å². The van der Waals surface area contributed by atoms with Crippen LogP contribution in [-0.2, 0) is 11.3 Å². The highest BCUT2D eigenvalue weighted by Crippen LogP contribution is 2.15. The number of benzene rings is 1. The van der Waals surface area contributed by atoms with E-state index in [1.807, 2.05) is 43.0 Å². The topological polar surface area (TPSA) is 67.6 Å². The Kier molecular flexibility index (Phi) is 4.39. The molecule has 2 unspecified atom stereocenters. The molecule has 1 aromatic rings. The minimum atomic E-state index is -0.0863. The number of nitrogens with two attached hydrogens (primary N) is 1. The lowest BCUT2D eigenvalue weighted by Crippen LogP contribution is -2.51. The zero-order chi connectivity index (χ0) is 13.8. The average molecular weight is 263 g/mol. The number of carbonyl (C=O) groups excluding carboxylic acids is 1. The van der Waals surface area contributed by atoms with E-state index < -0.39 is 0 Å². The van der Waals surface area contributed by atoms with Crippen LogP contribution in [0.4, 0.5) is 10.5 Å². The lowest BCUT2D eigenvalue weighted by Gasteiger charge is -2.36. The molecule has 1 fully saturated rings. The molecule has 0 bridgehead atoms. The Bertz CT molecular complexity index is 450. The van der Waals surface area contributed by atoms with Gasteiger partial charge in [0.1, 0.15) is 0 Å². The minimum Gasteiger partial charge on any atom is -0.375 e. The molecular formula is C14H21N3O2. The fraction of sp³-hybridized carbons (Fsp3) is 0.500. The van der Waals surface area contributed by atoms with Gasteiger partial charge in [-0.3, -0.25) is 0 Å². The summed E-state index contributed by atoms with van der Waals surface area (Å²) in [4.78, 5) is 14.1. The molecule has 5 heteroatoms. The number of urea groups is 1. The highest BCUT2D eigenvalue weighted by molar-refractivity contribution is 5.89. The molecule has 1 heterocycles. The van der Waals surface area contributed by atoms with Crippen molar-refractivity contribution in [2.45, 2.75) is 32.5 Å². The SMILES string of the molecule is CC1CN(C(=O)Nc2cccc(CN)c2)C(C)CO1. The fourth-order valence-electron chi connectivity index (χ4n) is 2.16. The molecular weight excluding hydrogens is 242 g/mol. The van der Waals surface area contributed by atoms with E-state index in [0.717, 1.165) is 11.3 Å². The second kappa shape index (κ2) is 6.04. The molecule has 2 atom stereocenters. The quantitative estimate of drug-likeness (QED) is 0.854. The first-order valence-corrected chi connectivity index (χ1v) is 6.58. The monoisotopic (exact) mass is 263 g/mol. The Labute approximate surface area is 113 Å². The van der Waals surface area contributed by atoms with Gasteiger partial charge in [0.05, 0.1) is 18.8 Å². The molecule has 0 aliphatic carbocycles. The number of nitrogens with one attached hydrogen (secondary N) is 1. The molecule has 0 saturated carbocycles. The number of hydrogen-bond donors (Lipinski definition) is 2. The van der Waals surface area contributed by atoms with Crippen molar-refractivity contribution in [2.75, 3.05) is 18.5 Å². The normalized spacial score (nSPS) is 23.2. The highest BCUT2D eigenvalue weighted by atomic mass is 16.5. The zero-order valence-corrected chi connectivity index (χ0v) is 11.4. The summed E-state index contributed by atoms with van der Waals surface area (Å²) in [6, 6.07) is 7.60. The van der Waals surface area contributed by atoms with Crippen molar-refractivity contribution in [1.82, 2.24) is 4.90 Å². The van der Waals surface area contributed by atoms with E-state index in [1.54, 1.807) is 0 Å². The predicted molar refractivity (Wildman–Crippen MR) is 74.9 cm³/mol. The van der Waals surface area contributed by atoms with Crippen LogP contribution in [0.2, 0.25) is 0 Å². The second-order valence-electron chi connectivity index (χ2n) is 4.98. The molecule has 1 aliphatic heterocycles. The first-order chi connectivity index (χ1) is 9.10. The van der Waals surface area contributed by atoms with Crippen LogP contribution >= 0.6 is 0 Å². The Morgan fingerprint density at radius 2 is 2.32 bits per heavy atom. The maximum atomic E-state index is 12.3. The summed E-state index contributed by atoms with van der Waals surface area (Å²) in [6.45, 7) is 5.62. The van der Waals surface area contributed by atoms with Crippen LogP contribution in [-0.4, -0.2) is 36.2 Å². The number of morpholine rings is 1. The Morgan fingerprint density at radius 1 is 1.53 bits per heavy atom. The van der Waals surface area contributed by atoms with E-state index in [1.165, 1.54) is 0 Å². The van der Waals surface area contributed by atoms with E-state index in [2.05, 4.69) is 5.32 Å². The molecule has 0 spiro atoms. The van der Waals surface area contributed by atoms with E-state index in [0.29, 0.717) is 19.7 Å². The summed E-state index contributed by atoms with van der Waals surface area (Å²) in [5.74, 6) is 0. The second-order valence-corrected chi connectivity index (χ2v) is 4.98. The average Bonchev–Trinajstić information content (AvgIpc) is 2.41. The Morgan fingerprint density at radius 3 is 3.05 bits per heavy atom. The number of rotatable bonds is 2. The maximum Gasteiger partial charge on any atom is 0.322 e. The molecule has 2 rings (SSSR count). The summed E-state index contributed by atoms with van der Waals surface area (Å²) in [7, 11) is 0. The molecule has 5 nitrogen and oxygen atoms in total. The Balaban J connectivity index is 2.03. The van der Waals surface area contributed by atoms with Crippen LogP contribution in [0.1, 0.15) is 19.4 Å². The third-order valence-corrected chi connectivity index (χ3v) is 3.28. The number of anilines is 1. The van der Waals surface area contributed by atoms with Gasteiger partial charge in [-0.25, -0.2) is 4.79 Å². The van der Waals surface area contributed by atoms with Gasteiger partial charge in [-0.05, 0) is 31.5 Å². The van der Waals surface area contributed by atoms with E-state index in [9.17, 15) is 4.79 Å². The van der Waals surface area contributed by atoms with Crippen LogP contribution < -0.4 is 11.1 Å². The molecule has 0 radical (unpaired) electrons. The number of carbonyl (C=O) groups is 1. The standard InChI is InChI=1S/C14H21N3O2/c1-10-9-19-11(2)8-17(10)14(18)16-13-5-3-4-12(6-13)7-15/h3-6,10-11H,7-9,15H2,1-2H3,(H,16,18). The number of ether oxygens (including phenoxy) is 1. The number of nitrogens with zero attached hydrogens (tertiary/aromatic N) is 1. The zero-order valence-electron chi connectivity index (χ0n) is 11.4. The summed E-state index contributed by atoms with van der Waals surface area (Å²) in [5, 5.41) is 2.91. The fourth-order valence-corrected chi connectivity index (χ4v) is 2.16. The first-order valence-electron chi connectivity index (χ1n) is 6.58. The lowest BCUT2D eigenvalue weighted by atomic mass is 10.2. The highest BCUT2D eigenvalue weighted by Gasteiger charge is 2.27. The minimum absolute atomic E-state index is 0.0809. The molecule has 1 aliphatic rings. The Hall–Kier alpha value is -1.59. The van der Waals surface area contributed by atoms with Crippen LogP contribution in [0.25, 0.3) is 0 Å². The predicted octanol–water partition coefficient (Wildman–Crippen LogP) is 1.79. The van der Waals surface area contributed by atoms with Crippen molar-refractivity contribution in [3.63, 3.8) is 0 Å². The van der Waals surface area contributed by atoms with Gasteiger partial charge in [-0.15, -0.1) is 0 Å². The van der Waals surface area contributed by atoms with Crippen LogP contribution in [0.5, 0.6) is 0 Å². The largest absolute Gasteiger partial charge is 0.375 e. The molecule has 1 aromatic carbocycles. The summed E-state index contributed by atoms with van der Waals surface area (Å²) >= 11 is 0. The third-order valence-electron chi connectivity index (χ3n) is 3.28. The maximum absolute atomic E-state index is 12.3. The van der Waals surface area contributed by atoms with Gasteiger partial charge in [0, 0.05) is 18.8 Å². The van der Waals surface area contributed by atoms with Gasteiger partial charge in [0.25, 0.3) is 0 Å². The van der Waals surface area contributed by atoms with Gasteiger partial charge in [0.2, 0.25) is 0 Å². The van der Waals surface area contributed by atoms with Gasteiger partial charge in [-0.1, -0.05) is 12.1 Å². The number of hydrogen-bond acceptors (Lipinski definition) is 3. The van der Waals surface area contributed by atoms with Crippen molar-refractivity contribution >= 4 is 11.7 Å². The van der Waals surface area contributed by atoms with Crippen LogP contribution in [0.3, 0.4) is 0 Å². The van der Waals surface area contributed by atoms with E-state index in [-0.39, 0.29) is 18.2 Å². The van der Waals surface area contributed by atoms with Crippen molar-refractivity contribution < 1.29 is 9.53 Å². The summed E-state index contributed by atoms with van der Waals surface area (Å²) in [6.07, 6.45) is 0.0809. The molecule has 19 heavy (non-hydrogen) atoms. The van der Waals surface area contributed by atoms with Gasteiger partial charge in [0.15, 0.2) is 0 Å². The molecule has 104 valence electrons. The van der Waals surface area contributed by atoms with Crippen molar-refractivity contribution in [3.8, 4) is 0 Å². The molecule has 1 saturated heterocycles. The van der Waals surface area contributed by atoms with Crippen molar-refractivity contribution in [3.05, 3.63) is 29.8 Å². The molecule has 3 N–H and O–H groups in total. The summed E-state index contributed by atoms with van der Waals surface area (Å²) < 4.78 is 5.52. The third kappa shape index (κ3) is 3.45. The van der Waals surface area contributed by atoms with Crippen molar-refractivity contribution in [1.29, 1.82) is 0 Å². The first kappa shape index (κ1) is 13.8. The van der Waals surface area contributed by atoms with Gasteiger partial charge < -0.3 is 20.7 Å². The van der Waals surface area contributed by atoms with Gasteiger partial charge >= 0.3 is 6.03 Å². The smallest absolute Gasteiger partial charge is 0.322 e. The number of amides is 2. The summed E-state index contributed by atoms with van der Waals surface area (Å²) in [5.41, 5.74) is 7.37. The van der Waals surface area contributed by atoms with E-state index in [4.69, 9.17) is 10.5 Å². The lowest BCUT2D eigenvalue weighted by molar-refractivity contribution is -0.0296.